The molecule has 7 nitrogen and oxygen atoms in total. The summed E-state index contributed by atoms with van der Waals surface area (Å²) in [4.78, 5) is 29.6. The number of anilines is 1. The fourth-order valence-corrected chi connectivity index (χ4v) is 7.08. The van der Waals surface area contributed by atoms with E-state index in [0.29, 0.717) is 27.7 Å². The second kappa shape index (κ2) is 15.8. The van der Waals surface area contributed by atoms with E-state index >= 15 is 0 Å². The third-order valence-corrected chi connectivity index (χ3v) is 9.83. The number of carbonyl (C=O) groups is 2. The van der Waals surface area contributed by atoms with Crippen LogP contribution in [-0.2, 0) is 32.6 Å². The van der Waals surface area contributed by atoms with E-state index in [4.69, 9.17) is 23.2 Å². The normalized spacial score (nSPS) is 14.5. The summed E-state index contributed by atoms with van der Waals surface area (Å²) in [5, 5.41) is 4.11. The van der Waals surface area contributed by atoms with E-state index < -0.39 is 16.1 Å². The average Bonchev–Trinajstić information content (AvgIpc) is 2.99. The first-order valence-electron chi connectivity index (χ1n) is 15.1. The maximum Gasteiger partial charge on any atom is 0.243 e. The lowest BCUT2D eigenvalue weighted by Crippen LogP contribution is -2.53. The Hall–Kier alpha value is -3.07. The van der Waals surface area contributed by atoms with Gasteiger partial charge in [-0.15, -0.1) is 0 Å². The zero-order chi connectivity index (χ0) is 31.7. The van der Waals surface area contributed by atoms with Crippen molar-refractivity contribution < 1.29 is 18.0 Å². The Morgan fingerprint density at radius 2 is 1.64 bits per heavy atom. The largest absolute Gasteiger partial charge is 0.352 e. The molecular weight excluding hydrogens is 617 g/mol. The van der Waals surface area contributed by atoms with Gasteiger partial charge in [0.2, 0.25) is 21.8 Å². The van der Waals surface area contributed by atoms with Crippen LogP contribution in [-0.4, -0.2) is 50.0 Å². The average molecular weight is 659 g/mol. The molecule has 1 atom stereocenters. The maximum atomic E-state index is 14.1. The summed E-state index contributed by atoms with van der Waals surface area (Å²) < 4.78 is 26.7. The standard InChI is InChI=1S/C34H41Cl2N3O4S/c1-25-15-19-30(20-16-25)39(44(2,42)43)21-9-14-33(40)38(24-27-17-18-28(35)23-31(27)36)32(22-26-10-5-3-6-11-26)34(41)37-29-12-7-4-8-13-29/h3,5-6,10-11,15-20,23,29,32H,4,7-9,12-14,21-22,24H2,1-2H3,(H,37,41). The van der Waals surface area contributed by atoms with Gasteiger partial charge in [-0.3, -0.25) is 13.9 Å². The van der Waals surface area contributed by atoms with E-state index in [0.717, 1.165) is 49.5 Å². The van der Waals surface area contributed by atoms with Gasteiger partial charge in [0, 0.05) is 42.0 Å². The Kier molecular flexibility index (Phi) is 12.1. The number of nitrogens with zero attached hydrogens (tertiary/aromatic N) is 2. The summed E-state index contributed by atoms with van der Waals surface area (Å²) in [6.45, 7) is 2.17. The number of amides is 2. The Labute approximate surface area is 271 Å². The van der Waals surface area contributed by atoms with E-state index in [1.54, 1.807) is 35.2 Å². The predicted octanol–water partition coefficient (Wildman–Crippen LogP) is 6.94. The number of carbonyl (C=O) groups excluding carboxylic acids is 2. The van der Waals surface area contributed by atoms with Crippen LogP contribution in [0.15, 0.2) is 72.8 Å². The topological polar surface area (TPSA) is 86.8 Å². The minimum atomic E-state index is -3.58. The van der Waals surface area contributed by atoms with Gasteiger partial charge in [-0.1, -0.05) is 96.6 Å². The second-order valence-electron chi connectivity index (χ2n) is 11.6. The van der Waals surface area contributed by atoms with Crippen molar-refractivity contribution in [3.05, 3.63) is 99.5 Å². The summed E-state index contributed by atoms with van der Waals surface area (Å²) in [5.74, 6) is -0.454. The monoisotopic (exact) mass is 657 g/mol. The van der Waals surface area contributed by atoms with Gasteiger partial charge >= 0.3 is 0 Å². The van der Waals surface area contributed by atoms with Gasteiger partial charge in [-0.25, -0.2) is 8.42 Å². The molecule has 2 amide bonds. The van der Waals surface area contributed by atoms with E-state index in [-0.39, 0.29) is 43.8 Å². The number of sulfonamides is 1. The lowest BCUT2D eigenvalue weighted by Gasteiger charge is -2.34. The molecule has 3 aromatic carbocycles. The molecule has 3 aromatic rings. The van der Waals surface area contributed by atoms with Crippen molar-refractivity contribution in [2.75, 3.05) is 17.1 Å². The Bertz CT molecular complexity index is 1510. The molecule has 1 aliphatic carbocycles. The van der Waals surface area contributed by atoms with Crippen LogP contribution in [0.1, 0.15) is 61.6 Å². The fraction of sp³-hybridized carbons (Fsp3) is 0.412. The van der Waals surface area contributed by atoms with Crippen molar-refractivity contribution in [1.29, 1.82) is 0 Å². The number of rotatable bonds is 13. The number of aryl methyl sites for hydroxylation is 1. The van der Waals surface area contributed by atoms with Crippen LogP contribution in [0.4, 0.5) is 5.69 Å². The summed E-state index contributed by atoms with van der Waals surface area (Å²) in [7, 11) is -3.58. The number of nitrogens with one attached hydrogen (secondary N) is 1. The van der Waals surface area contributed by atoms with Crippen LogP contribution in [0, 0.1) is 6.92 Å². The molecule has 0 aromatic heterocycles. The van der Waals surface area contributed by atoms with Gasteiger partial charge in [-0.05, 0) is 61.6 Å². The molecule has 44 heavy (non-hydrogen) atoms. The molecule has 1 fully saturated rings. The molecule has 0 bridgehead atoms. The van der Waals surface area contributed by atoms with Crippen molar-refractivity contribution in [2.45, 2.75) is 76.9 Å². The summed E-state index contributed by atoms with van der Waals surface area (Å²) in [6, 6.07) is 21.3. The lowest BCUT2D eigenvalue weighted by atomic mass is 9.94. The van der Waals surface area contributed by atoms with Crippen molar-refractivity contribution in [2.24, 2.45) is 0 Å². The molecule has 0 spiro atoms. The minimum Gasteiger partial charge on any atom is -0.352 e. The van der Waals surface area contributed by atoms with E-state index in [2.05, 4.69) is 5.32 Å². The number of hydrogen-bond donors (Lipinski definition) is 1. The van der Waals surface area contributed by atoms with Gasteiger partial charge in [-0.2, -0.15) is 0 Å². The molecule has 10 heteroatoms. The molecule has 0 radical (unpaired) electrons. The van der Waals surface area contributed by atoms with Gasteiger partial charge < -0.3 is 10.2 Å². The zero-order valence-electron chi connectivity index (χ0n) is 25.3. The fourth-order valence-electron chi connectivity index (χ4n) is 5.65. The van der Waals surface area contributed by atoms with Crippen LogP contribution in [0.2, 0.25) is 10.0 Å². The molecule has 0 saturated heterocycles. The predicted molar refractivity (Wildman–Crippen MR) is 179 cm³/mol. The Balaban J connectivity index is 1.61. The summed E-state index contributed by atoms with van der Waals surface area (Å²) in [6.07, 6.45) is 6.93. The Morgan fingerprint density at radius 1 is 0.955 bits per heavy atom. The van der Waals surface area contributed by atoms with Crippen LogP contribution >= 0.6 is 23.2 Å². The van der Waals surface area contributed by atoms with Gasteiger partial charge in [0.15, 0.2) is 0 Å². The van der Waals surface area contributed by atoms with Crippen molar-refractivity contribution in [1.82, 2.24) is 10.2 Å². The van der Waals surface area contributed by atoms with Crippen molar-refractivity contribution in [3.8, 4) is 0 Å². The van der Waals surface area contributed by atoms with Crippen LogP contribution in [0.3, 0.4) is 0 Å². The molecule has 1 saturated carbocycles. The highest BCUT2D eigenvalue weighted by molar-refractivity contribution is 7.92. The molecule has 236 valence electrons. The Morgan fingerprint density at radius 3 is 2.27 bits per heavy atom. The second-order valence-corrected chi connectivity index (χ2v) is 14.3. The van der Waals surface area contributed by atoms with Crippen molar-refractivity contribution in [3.63, 3.8) is 0 Å². The minimum absolute atomic E-state index is 0.0467. The van der Waals surface area contributed by atoms with Crippen LogP contribution in [0.5, 0.6) is 0 Å². The van der Waals surface area contributed by atoms with E-state index in [9.17, 15) is 18.0 Å². The molecule has 0 heterocycles. The first kappa shape index (κ1) is 33.8. The molecule has 4 rings (SSSR count). The summed E-state index contributed by atoms with van der Waals surface area (Å²) >= 11 is 12.7. The molecule has 1 aliphatic rings. The highest BCUT2D eigenvalue weighted by Gasteiger charge is 2.32. The van der Waals surface area contributed by atoms with Gasteiger partial charge in [0.25, 0.3) is 0 Å². The number of hydrogen-bond acceptors (Lipinski definition) is 4. The number of benzene rings is 3. The smallest absolute Gasteiger partial charge is 0.243 e. The third kappa shape index (κ3) is 9.71. The summed E-state index contributed by atoms with van der Waals surface area (Å²) in [5.41, 5.74) is 3.17. The SMILES string of the molecule is Cc1ccc(N(CCCC(=O)N(Cc2ccc(Cl)cc2Cl)C(Cc2ccccc2)C(=O)NC2CCCCC2)S(C)(=O)=O)cc1. The first-order chi connectivity index (χ1) is 21.0. The zero-order valence-corrected chi connectivity index (χ0v) is 27.7. The molecule has 1 unspecified atom stereocenters. The molecule has 0 aliphatic heterocycles. The van der Waals surface area contributed by atoms with E-state index in [1.165, 1.54) is 4.31 Å². The first-order valence-corrected chi connectivity index (χ1v) is 17.7. The number of halogens is 2. The quantitative estimate of drug-likeness (QED) is 0.216. The highest BCUT2D eigenvalue weighted by Crippen LogP contribution is 2.26. The lowest BCUT2D eigenvalue weighted by molar-refractivity contribution is -0.141. The highest BCUT2D eigenvalue weighted by atomic mass is 35.5. The van der Waals surface area contributed by atoms with Gasteiger partial charge in [0.1, 0.15) is 6.04 Å². The van der Waals surface area contributed by atoms with E-state index in [1.807, 2.05) is 49.4 Å². The maximum absolute atomic E-state index is 14.1. The molecule has 1 N–H and O–H groups in total. The third-order valence-electron chi connectivity index (χ3n) is 8.05. The van der Waals surface area contributed by atoms with Gasteiger partial charge in [0.05, 0.1) is 11.9 Å². The van der Waals surface area contributed by atoms with Crippen LogP contribution < -0.4 is 9.62 Å². The van der Waals surface area contributed by atoms with Crippen LogP contribution in [0.25, 0.3) is 0 Å². The molecular formula is C34H41Cl2N3O4S. The van der Waals surface area contributed by atoms with Crippen molar-refractivity contribution >= 4 is 50.7 Å².